The number of benzene rings is 2. The highest BCUT2D eigenvalue weighted by Gasteiger charge is 2.25. The highest BCUT2D eigenvalue weighted by Crippen LogP contribution is 2.31. The van der Waals surface area contributed by atoms with E-state index in [0.717, 1.165) is 11.3 Å². The van der Waals surface area contributed by atoms with Crippen molar-refractivity contribution in [2.24, 2.45) is 5.73 Å². The van der Waals surface area contributed by atoms with E-state index in [2.05, 4.69) is 10.6 Å². The van der Waals surface area contributed by atoms with Gasteiger partial charge in [-0.3, -0.25) is 14.6 Å². The summed E-state index contributed by atoms with van der Waals surface area (Å²) >= 11 is 6.21. The minimum Gasteiger partial charge on any atom is -0.351 e. The van der Waals surface area contributed by atoms with Gasteiger partial charge in [0.15, 0.2) is 0 Å². The van der Waals surface area contributed by atoms with Gasteiger partial charge in [-0.1, -0.05) is 11.6 Å². The Labute approximate surface area is 166 Å². The molecule has 0 aromatic heterocycles. The van der Waals surface area contributed by atoms with Gasteiger partial charge in [0, 0.05) is 36.7 Å². The number of hydrogen-bond acceptors (Lipinski definition) is 3. The van der Waals surface area contributed by atoms with Crippen LogP contribution in [0.5, 0.6) is 0 Å². The lowest BCUT2D eigenvalue weighted by Crippen LogP contribution is -2.33. The minimum atomic E-state index is -0.495. The van der Waals surface area contributed by atoms with Gasteiger partial charge in [-0.05, 0) is 48.4 Å². The molecule has 4 rings (SSSR count). The van der Waals surface area contributed by atoms with Gasteiger partial charge < -0.3 is 16.4 Å². The van der Waals surface area contributed by atoms with Gasteiger partial charge in [-0.25, -0.2) is 9.59 Å². The quantitative estimate of drug-likeness (QED) is 0.738. The molecule has 144 valence electrons. The predicted molar refractivity (Wildman–Crippen MR) is 107 cm³/mol. The predicted octanol–water partition coefficient (Wildman–Crippen LogP) is 2.56. The van der Waals surface area contributed by atoms with E-state index in [4.69, 9.17) is 17.3 Å². The lowest BCUT2D eigenvalue weighted by atomic mass is 10.1. The molecule has 1 saturated heterocycles. The average Bonchev–Trinajstić information content (AvgIpc) is 3.28. The Hall–Kier alpha value is -3.26. The Kier molecular flexibility index (Phi) is 4.56. The monoisotopic (exact) mass is 399 g/mol. The summed E-state index contributed by atoms with van der Waals surface area (Å²) in [5.74, 6) is -0.379. The van der Waals surface area contributed by atoms with Crippen molar-refractivity contribution in [2.45, 2.75) is 6.42 Å². The van der Waals surface area contributed by atoms with E-state index in [1.807, 2.05) is 6.07 Å². The summed E-state index contributed by atoms with van der Waals surface area (Å²) in [6, 6.07) is 9.50. The number of fused-ring (bicyclic) bond motifs is 1. The van der Waals surface area contributed by atoms with E-state index >= 15 is 0 Å². The maximum Gasteiger partial charge on any atom is 0.321 e. The van der Waals surface area contributed by atoms with Crippen LogP contribution in [0.4, 0.5) is 26.7 Å². The van der Waals surface area contributed by atoms with E-state index in [1.165, 1.54) is 4.90 Å². The summed E-state index contributed by atoms with van der Waals surface area (Å²) in [5.41, 5.74) is 8.54. The van der Waals surface area contributed by atoms with E-state index in [1.54, 1.807) is 35.2 Å². The molecule has 0 saturated carbocycles. The van der Waals surface area contributed by atoms with Crippen LogP contribution < -0.4 is 26.2 Å². The van der Waals surface area contributed by atoms with Gasteiger partial charge in [0.05, 0.1) is 10.6 Å². The van der Waals surface area contributed by atoms with Crippen LogP contribution >= 0.6 is 11.6 Å². The third-order valence-electron chi connectivity index (χ3n) is 4.86. The lowest BCUT2D eigenvalue weighted by Gasteiger charge is -2.16. The number of anilines is 3. The van der Waals surface area contributed by atoms with Crippen LogP contribution in [0.2, 0.25) is 5.02 Å². The van der Waals surface area contributed by atoms with Crippen molar-refractivity contribution in [1.82, 2.24) is 5.32 Å². The maximum absolute atomic E-state index is 12.8. The van der Waals surface area contributed by atoms with Crippen molar-refractivity contribution in [2.75, 3.05) is 34.8 Å². The zero-order chi connectivity index (χ0) is 19.8. The highest BCUT2D eigenvalue weighted by molar-refractivity contribution is 6.34. The van der Waals surface area contributed by atoms with Crippen molar-refractivity contribution in [3.8, 4) is 0 Å². The van der Waals surface area contributed by atoms with E-state index in [0.29, 0.717) is 42.5 Å². The number of hydrogen-bond donors (Lipinski definition) is 3. The standard InChI is InChI=1S/C19H18ClN5O3/c20-15-3-2-13(24-8-6-22-19(24)28)10-14(15)17(26)23-12-1-4-16-11(9-12)5-7-25(16)18(21)27/h1-4,9-10H,5-8H2,(H2,21,27)(H,22,28)(H,23,26). The molecule has 0 bridgehead atoms. The maximum atomic E-state index is 12.8. The van der Waals surface area contributed by atoms with Gasteiger partial charge in [0.25, 0.3) is 5.91 Å². The van der Waals surface area contributed by atoms with Crippen molar-refractivity contribution >= 4 is 46.6 Å². The van der Waals surface area contributed by atoms with Crippen molar-refractivity contribution in [1.29, 1.82) is 0 Å². The Morgan fingerprint density at radius 3 is 2.68 bits per heavy atom. The molecule has 9 heteroatoms. The molecule has 0 spiro atoms. The number of primary amides is 1. The van der Waals surface area contributed by atoms with E-state index in [9.17, 15) is 14.4 Å². The summed E-state index contributed by atoms with van der Waals surface area (Å²) in [6.07, 6.45) is 0.669. The lowest BCUT2D eigenvalue weighted by molar-refractivity contribution is 0.102. The SMILES string of the molecule is NC(=O)N1CCc2cc(NC(=O)c3cc(N4CCNC4=O)ccc3Cl)ccc21. The van der Waals surface area contributed by atoms with Gasteiger partial charge in [-0.2, -0.15) is 0 Å². The number of rotatable bonds is 3. The fourth-order valence-electron chi connectivity index (χ4n) is 3.48. The number of carbonyl (C=O) groups is 3. The largest absolute Gasteiger partial charge is 0.351 e. The van der Waals surface area contributed by atoms with E-state index < -0.39 is 6.03 Å². The first kappa shape index (κ1) is 18.1. The molecule has 28 heavy (non-hydrogen) atoms. The average molecular weight is 400 g/mol. The third-order valence-corrected chi connectivity index (χ3v) is 5.19. The number of amides is 5. The Balaban J connectivity index is 1.56. The second-order valence-corrected chi connectivity index (χ2v) is 6.99. The Morgan fingerprint density at radius 2 is 1.96 bits per heavy atom. The van der Waals surface area contributed by atoms with Crippen molar-refractivity contribution < 1.29 is 14.4 Å². The summed E-state index contributed by atoms with van der Waals surface area (Å²) in [4.78, 5) is 39.1. The van der Waals surface area contributed by atoms with Crippen LogP contribution in [0.25, 0.3) is 0 Å². The Bertz CT molecular complexity index is 994. The molecular formula is C19H18ClN5O3. The highest BCUT2D eigenvalue weighted by atomic mass is 35.5. The van der Waals surface area contributed by atoms with Crippen LogP contribution in [0.3, 0.4) is 0 Å². The van der Waals surface area contributed by atoms with Gasteiger partial charge >= 0.3 is 12.1 Å². The molecular weight excluding hydrogens is 382 g/mol. The number of nitrogens with two attached hydrogens (primary N) is 1. The van der Waals surface area contributed by atoms with E-state index in [-0.39, 0.29) is 17.5 Å². The Morgan fingerprint density at radius 1 is 1.14 bits per heavy atom. The van der Waals surface area contributed by atoms with Gasteiger partial charge in [0.2, 0.25) is 0 Å². The summed E-state index contributed by atoms with van der Waals surface area (Å²) in [6.45, 7) is 1.61. The molecule has 2 aromatic carbocycles. The first-order valence-corrected chi connectivity index (χ1v) is 9.18. The molecule has 2 aliphatic rings. The number of carbonyl (C=O) groups excluding carboxylic acids is 3. The third kappa shape index (κ3) is 3.22. The topological polar surface area (TPSA) is 108 Å². The fourth-order valence-corrected chi connectivity index (χ4v) is 3.68. The number of halogens is 1. The zero-order valence-corrected chi connectivity index (χ0v) is 15.6. The first-order valence-electron chi connectivity index (χ1n) is 8.80. The second kappa shape index (κ2) is 7.05. The fraction of sp³-hybridized carbons (Fsp3) is 0.211. The number of nitrogens with zero attached hydrogens (tertiary/aromatic N) is 2. The molecule has 0 radical (unpaired) electrons. The molecule has 0 aliphatic carbocycles. The molecule has 1 fully saturated rings. The van der Waals surface area contributed by atoms with Crippen LogP contribution in [0.1, 0.15) is 15.9 Å². The smallest absolute Gasteiger partial charge is 0.321 e. The summed E-state index contributed by atoms with van der Waals surface area (Å²) in [5, 5.41) is 5.84. The van der Waals surface area contributed by atoms with Crippen LogP contribution in [0, 0.1) is 0 Å². The molecule has 8 nitrogen and oxygen atoms in total. The van der Waals surface area contributed by atoms with Gasteiger partial charge in [0.1, 0.15) is 0 Å². The van der Waals surface area contributed by atoms with Crippen molar-refractivity contribution in [3.05, 3.63) is 52.5 Å². The first-order chi connectivity index (χ1) is 13.4. The second-order valence-electron chi connectivity index (χ2n) is 6.59. The van der Waals surface area contributed by atoms with Crippen LogP contribution in [-0.4, -0.2) is 37.6 Å². The number of nitrogens with one attached hydrogen (secondary N) is 2. The number of urea groups is 2. The molecule has 2 heterocycles. The molecule has 2 aliphatic heterocycles. The van der Waals surface area contributed by atoms with Crippen LogP contribution in [-0.2, 0) is 6.42 Å². The molecule has 4 N–H and O–H groups in total. The summed E-state index contributed by atoms with van der Waals surface area (Å²) in [7, 11) is 0. The van der Waals surface area contributed by atoms with Crippen molar-refractivity contribution in [3.63, 3.8) is 0 Å². The molecule has 5 amide bonds. The zero-order valence-electron chi connectivity index (χ0n) is 14.9. The molecule has 0 unspecified atom stereocenters. The molecule has 2 aromatic rings. The van der Waals surface area contributed by atoms with Gasteiger partial charge in [-0.15, -0.1) is 0 Å². The van der Waals surface area contributed by atoms with Crippen LogP contribution in [0.15, 0.2) is 36.4 Å². The minimum absolute atomic E-state index is 0.202. The normalized spacial score (nSPS) is 15.4. The summed E-state index contributed by atoms with van der Waals surface area (Å²) < 4.78 is 0. The molecule has 0 atom stereocenters.